The maximum absolute atomic E-state index is 13.2. The lowest BCUT2D eigenvalue weighted by atomic mass is 10.0. The van der Waals surface area contributed by atoms with Gasteiger partial charge in [-0.3, -0.25) is 9.59 Å². The van der Waals surface area contributed by atoms with Gasteiger partial charge in [0.2, 0.25) is 5.43 Å². The fraction of sp³-hybridized carbons (Fsp3) is 0.214. The Bertz CT molecular complexity index is 1410. The van der Waals surface area contributed by atoms with Crippen LogP contribution in [0.3, 0.4) is 0 Å². The number of hydrogen-bond donors (Lipinski definition) is 0. The zero-order valence-corrected chi connectivity index (χ0v) is 19.4. The second kappa shape index (κ2) is 9.62. The van der Waals surface area contributed by atoms with Crippen LogP contribution in [0.15, 0.2) is 82.0 Å². The third-order valence-electron chi connectivity index (χ3n) is 6.29. The number of nitrogens with zero attached hydrogens (tertiary/aromatic N) is 2. The zero-order chi connectivity index (χ0) is 24.4. The summed E-state index contributed by atoms with van der Waals surface area (Å²) in [4.78, 5) is 29.7. The van der Waals surface area contributed by atoms with E-state index >= 15 is 0 Å². The number of ether oxygens (including phenoxy) is 1. The molecule has 0 aliphatic carbocycles. The molecular formula is C28H25FN2O4. The molecule has 1 fully saturated rings. The number of carbonyl (C=O) groups excluding carboxylic acids is 1. The molecule has 1 aromatic heterocycles. The maximum Gasteiger partial charge on any atom is 0.260 e. The van der Waals surface area contributed by atoms with Crippen molar-refractivity contribution < 1.29 is 18.3 Å². The van der Waals surface area contributed by atoms with Crippen LogP contribution in [0.5, 0.6) is 5.75 Å². The normalized spacial score (nSPS) is 13.8. The van der Waals surface area contributed by atoms with Crippen LogP contribution in [0.2, 0.25) is 0 Å². The van der Waals surface area contributed by atoms with Crippen LogP contribution in [0.4, 0.5) is 10.1 Å². The highest BCUT2D eigenvalue weighted by atomic mass is 19.1. The standard InChI is InChI=1S/C28H25FN2O4/c1-19-27(20-5-3-2-4-6-20)28(33)24-12-11-23(17-25(24)35-19)34-18-26(32)31-15-13-30(14-16-31)22-9-7-21(29)8-10-22/h2-12,17H,13-16,18H2,1H3. The number of halogens is 1. The molecule has 1 saturated heterocycles. The number of benzene rings is 3. The molecule has 0 spiro atoms. The molecule has 5 rings (SSSR count). The van der Waals surface area contributed by atoms with E-state index in [1.165, 1.54) is 12.1 Å². The summed E-state index contributed by atoms with van der Waals surface area (Å²) in [5, 5.41) is 0.463. The molecule has 1 aliphatic heterocycles. The smallest absolute Gasteiger partial charge is 0.260 e. The lowest BCUT2D eigenvalue weighted by Crippen LogP contribution is -2.50. The quantitative estimate of drug-likeness (QED) is 0.424. The Kier molecular flexibility index (Phi) is 6.23. The molecule has 4 aromatic rings. The van der Waals surface area contributed by atoms with Gasteiger partial charge in [0, 0.05) is 37.9 Å². The van der Waals surface area contributed by atoms with E-state index in [2.05, 4.69) is 4.90 Å². The van der Waals surface area contributed by atoms with Gasteiger partial charge in [-0.25, -0.2) is 4.39 Å². The van der Waals surface area contributed by atoms with E-state index in [0.717, 1.165) is 11.3 Å². The predicted octanol–water partition coefficient (Wildman–Crippen LogP) is 4.64. The van der Waals surface area contributed by atoms with Crippen LogP contribution in [-0.4, -0.2) is 43.6 Å². The first-order chi connectivity index (χ1) is 17.0. The van der Waals surface area contributed by atoms with Crippen molar-refractivity contribution in [3.8, 4) is 16.9 Å². The van der Waals surface area contributed by atoms with Crippen LogP contribution in [0.25, 0.3) is 22.1 Å². The second-order valence-corrected chi connectivity index (χ2v) is 8.52. The highest BCUT2D eigenvalue weighted by Gasteiger charge is 2.22. The number of aryl methyl sites for hydroxylation is 1. The van der Waals surface area contributed by atoms with Gasteiger partial charge in [-0.2, -0.15) is 0 Å². The number of hydrogen-bond acceptors (Lipinski definition) is 5. The molecule has 178 valence electrons. The Labute approximate surface area is 202 Å². The fourth-order valence-electron chi connectivity index (χ4n) is 4.42. The first-order valence-corrected chi connectivity index (χ1v) is 11.5. The summed E-state index contributed by atoms with van der Waals surface area (Å²) >= 11 is 0. The molecule has 0 atom stereocenters. The third kappa shape index (κ3) is 4.75. The van der Waals surface area contributed by atoms with Crippen molar-refractivity contribution in [3.63, 3.8) is 0 Å². The molecule has 6 nitrogen and oxygen atoms in total. The third-order valence-corrected chi connectivity index (χ3v) is 6.29. The number of fused-ring (bicyclic) bond motifs is 1. The molecule has 0 bridgehead atoms. The maximum atomic E-state index is 13.2. The van der Waals surface area contributed by atoms with Crippen molar-refractivity contribution in [2.24, 2.45) is 0 Å². The Morgan fingerprint density at radius 3 is 2.40 bits per heavy atom. The van der Waals surface area contributed by atoms with Gasteiger partial charge < -0.3 is 19.0 Å². The number of carbonyl (C=O) groups is 1. The molecule has 35 heavy (non-hydrogen) atoms. The van der Waals surface area contributed by atoms with E-state index < -0.39 is 0 Å². The predicted molar refractivity (Wildman–Crippen MR) is 133 cm³/mol. The zero-order valence-electron chi connectivity index (χ0n) is 19.4. The Balaban J connectivity index is 1.23. The van der Waals surface area contributed by atoms with E-state index in [9.17, 15) is 14.0 Å². The number of anilines is 1. The van der Waals surface area contributed by atoms with Crippen molar-refractivity contribution in [2.45, 2.75) is 6.92 Å². The average molecular weight is 473 g/mol. The lowest BCUT2D eigenvalue weighted by Gasteiger charge is -2.36. The first-order valence-electron chi connectivity index (χ1n) is 11.5. The Morgan fingerprint density at radius 2 is 1.69 bits per heavy atom. The van der Waals surface area contributed by atoms with Gasteiger partial charge in [0.1, 0.15) is 22.9 Å². The molecule has 2 heterocycles. The van der Waals surface area contributed by atoms with E-state index in [0.29, 0.717) is 54.2 Å². The minimum absolute atomic E-state index is 0.100. The van der Waals surface area contributed by atoms with Crippen molar-refractivity contribution >= 4 is 22.6 Å². The van der Waals surface area contributed by atoms with Crippen LogP contribution in [0.1, 0.15) is 5.76 Å². The average Bonchev–Trinajstić information content (AvgIpc) is 2.88. The monoisotopic (exact) mass is 472 g/mol. The van der Waals surface area contributed by atoms with Gasteiger partial charge in [0.25, 0.3) is 5.91 Å². The molecular weight excluding hydrogens is 447 g/mol. The first kappa shape index (κ1) is 22.7. The van der Waals surface area contributed by atoms with Gasteiger partial charge in [-0.05, 0) is 48.9 Å². The Morgan fingerprint density at radius 1 is 0.971 bits per heavy atom. The van der Waals surface area contributed by atoms with Crippen molar-refractivity contribution in [1.29, 1.82) is 0 Å². The summed E-state index contributed by atoms with van der Waals surface area (Å²) in [5.41, 5.74) is 2.62. The largest absolute Gasteiger partial charge is 0.484 e. The summed E-state index contributed by atoms with van der Waals surface area (Å²) < 4.78 is 24.8. The van der Waals surface area contributed by atoms with Crippen LogP contribution < -0.4 is 15.1 Å². The van der Waals surface area contributed by atoms with Gasteiger partial charge in [-0.15, -0.1) is 0 Å². The summed E-state index contributed by atoms with van der Waals surface area (Å²) in [6, 6.07) is 20.8. The highest BCUT2D eigenvalue weighted by Crippen LogP contribution is 2.26. The second-order valence-electron chi connectivity index (χ2n) is 8.52. The molecule has 1 aliphatic rings. The fourth-order valence-corrected chi connectivity index (χ4v) is 4.42. The van der Waals surface area contributed by atoms with Crippen molar-refractivity contribution in [2.75, 3.05) is 37.7 Å². The van der Waals surface area contributed by atoms with Crippen molar-refractivity contribution in [1.82, 2.24) is 4.90 Å². The summed E-state index contributed by atoms with van der Waals surface area (Å²) in [6.45, 7) is 4.13. The van der Waals surface area contributed by atoms with Gasteiger partial charge in [0.05, 0.1) is 10.9 Å². The number of piperazine rings is 1. The van der Waals surface area contributed by atoms with Gasteiger partial charge in [-0.1, -0.05) is 30.3 Å². The topological polar surface area (TPSA) is 63.0 Å². The van der Waals surface area contributed by atoms with E-state index in [4.69, 9.17) is 9.15 Å². The number of rotatable bonds is 5. The molecule has 0 radical (unpaired) electrons. The summed E-state index contributed by atoms with van der Waals surface area (Å²) in [7, 11) is 0. The molecule has 0 N–H and O–H groups in total. The SMILES string of the molecule is Cc1oc2cc(OCC(=O)N3CCN(c4ccc(F)cc4)CC3)ccc2c(=O)c1-c1ccccc1. The van der Waals surface area contributed by atoms with E-state index in [-0.39, 0.29) is 23.8 Å². The van der Waals surface area contributed by atoms with Gasteiger partial charge >= 0.3 is 0 Å². The minimum atomic E-state index is -0.264. The van der Waals surface area contributed by atoms with Crippen molar-refractivity contribution in [3.05, 3.63) is 94.6 Å². The van der Waals surface area contributed by atoms with Gasteiger partial charge in [0.15, 0.2) is 6.61 Å². The number of amides is 1. The van der Waals surface area contributed by atoms with Crippen LogP contribution in [0, 0.1) is 12.7 Å². The van der Waals surface area contributed by atoms with E-state index in [1.807, 2.05) is 30.3 Å². The molecule has 1 amide bonds. The molecule has 0 saturated carbocycles. The minimum Gasteiger partial charge on any atom is -0.484 e. The highest BCUT2D eigenvalue weighted by molar-refractivity contribution is 5.84. The summed E-state index contributed by atoms with van der Waals surface area (Å²) in [5.74, 6) is 0.618. The van der Waals surface area contributed by atoms with E-state index in [1.54, 1.807) is 42.2 Å². The molecule has 3 aromatic carbocycles. The molecule has 7 heteroatoms. The van der Waals surface area contributed by atoms with Crippen LogP contribution >= 0.6 is 0 Å². The van der Waals surface area contributed by atoms with Crippen LogP contribution in [-0.2, 0) is 4.79 Å². The molecule has 0 unspecified atom stereocenters. The lowest BCUT2D eigenvalue weighted by molar-refractivity contribution is -0.133. The Hall–Kier alpha value is -4.13. The summed E-state index contributed by atoms with van der Waals surface area (Å²) in [6.07, 6.45) is 0.